The van der Waals surface area contributed by atoms with Crippen LogP contribution in [0.2, 0.25) is 0 Å². The zero-order chi connectivity index (χ0) is 8.39. The summed E-state index contributed by atoms with van der Waals surface area (Å²) in [6, 6.07) is 10.0. The first kappa shape index (κ1) is 7.31. The van der Waals surface area contributed by atoms with Crippen LogP contribution >= 0.6 is 11.3 Å². The zero-order valence-corrected chi connectivity index (χ0v) is 7.21. The lowest BCUT2D eigenvalue weighted by atomic mass is 10.2. The molecule has 1 heterocycles. The maximum absolute atomic E-state index is 5.52. The van der Waals surface area contributed by atoms with Crippen LogP contribution in [0, 0.1) is 0 Å². The van der Waals surface area contributed by atoms with E-state index in [0.717, 1.165) is 10.6 Å². The minimum atomic E-state index is 0.596. The Kier molecular flexibility index (Phi) is 1.80. The molecule has 2 nitrogen and oxygen atoms in total. The highest BCUT2D eigenvalue weighted by molar-refractivity contribution is 7.13. The summed E-state index contributed by atoms with van der Waals surface area (Å²) in [5, 5.41) is 2.83. The van der Waals surface area contributed by atoms with Crippen molar-refractivity contribution < 1.29 is 0 Å². The van der Waals surface area contributed by atoms with E-state index in [-0.39, 0.29) is 0 Å². The maximum atomic E-state index is 5.52. The largest absolute Gasteiger partial charge is 0.383 e. The molecule has 0 radical (unpaired) electrons. The molecule has 0 bridgehead atoms. The molecule has 1 aromatic carbocycles. The molecule has 0 aliphatic heterocycles. The van der Waals surface area contributed by atoms with Crippen LogP contribution in [0.5, 0.6) is 0 Å². The van der Waals surface area contributed by atoms with E-state index >= 15 is 0 Å². The molecule has 0 saturated heterocycles. The molecule has 3 heteroatoms. The molecule has 0 spiro atoms. The highest BCUT2D eigenvalue weighted by Gasteiger charge is 1.99. The van der Waals surface area contributed by atoms with Gasteiger partial charge >= 0.3 is 0 Å². The van der Waals surface area contributed by atoms with Gasteiger partial charge in [0.25, 0.3) is 0 Å². The molecular weight excluding hydrogens is 168 g/mol. The van der Waals surface area contributed by atoms with E-state index in [1.165, 1.54) is 0 Å². The number of benzene rings is 1. The van der Waals surface area contributed by atoms with Crippen LogP contribution < -0.4 is 5.73 Å². The summed E-state index contributed by atoms with van der Waals surface area (Å²) >= 11 is 1.57. The lowest BCUT2D eigenvalue weighted by Crippen LogP contribution is -1.82. The number of rotatable bonds is 1. The minimum absolute atomic E-state index is 0.596. The third kappa shape index (κ3) is 1.31. The average Bonchev–Trinajstić information content (AvgIpc) is 2.54. The van der Waals surface area contributed by atoms with Crippen molar-refractivity contribution in [3.63, 3.8) is 0 Å². The molecule has 0 fully saturated rings. The Morgan fingerprint density at radius 1 is 1.17 bits per heavy atom. The van der Waals surface area contributed by atoms with Gasteiger partial charge in [-0.1, -0.05) is 30.3 Å². The van der Waals surface area contributed by atoms with E-state index in [2.05, 4.69) is 4.98 Å². The maximum Gasteiger partial charge on any atom is 0.135 e. The predicted molar refractivity (Wildman–Crippen MR) is 52.0 cm³/mol. The van der Waals surface area contributed by atoms with E-state index in [9.17, 15) is 0 Å². The number of nitrogens with zero attached hydrogens (tertiary/aromatic N) is 1. The Bertz CT molecular complexity index is 367. The molecule has 60 valence electrons. The second-order valence-electron chi connectivity index (χ2n) is 2.44. The fourth-order valence-electron chi connectivity index (χ4n) is 0.999. The minimum Gasteiger partial charge on any atom is -0.383 e. The number of anilines is 1. The highest BCUT2D eigenvalue weighted by atomic mass is 32.1. The van der Waals surface area contributed by atoms with Crippen LogP contribution in [0.1, 0.15) is 0 Å². The first-order valence-corrected chi connectivity index (χ1v) is 4.50. The highest BCUT2D eigenvalue weighted by Crippen LogP contribution is 2.23. The Balaban J connectivity index is 2.45. The van der Waals surface area contributed by atoms with Crippen molar-refractivity contribution in [2.75, 3.05) is 5.73 Å². The van der Waals surface area contributed by atoms with Crippen LogP contribution in [0.3, 0.4) is 0 Å². The molecule has 0 atom stereocenters. The number of nitrogens with two attached hydrogens (primary N) is 1. The van der Waals surface area contributed by atoms with Gasteiger partial charge < -0.3 is 5.73 Å². The van der Waals surface area contributed by atoms with Crippen LogP contribution in [0.15, 0.2) is 35.7 Å². The summed E-state index contributed by atoms with van der Waals surface area (Å²) in [6.07, 6.45) is 0. The molecule has 0 aliphatic rings. The number of aromatic nitrogens is 1. The zero-order valence-electron chi connectivity index (χ0n) is 6.40. The first-order chi connectivity index (χ1) is 5.86. The van der Waals surface area contributed by atoms with Gasteiger partial charge in [-0.25, -0.2) is 4.98 Å². The predicted octanol–water partition coefficient (Wildman–Crippen LogP) is 2.39. The summed E-state index contributed by atoms with van der Waals surface area (Å²) in [5.41, 5.74) is 6.64. The molecule has 1 aromatic heterocycles. The van der Waals surface area contributed by atoms with Crippen LogP contribution in [0.25, 0.3) is 10.6 Å². The molecule has 0 amide bonds. The summed E-state index contributed by atoms with van der Waals surface area (Å²) in [6.45, 7) is 0. The third-order valence-electron chi connectivity index (χ3n) is 1.54. The van der Waals surface area contributed by atoms with Crippen molar-refractivity contribution in [1.29, 1.82) is 0 Å². The fraction of sp³-hybridized carbons (Fsp3) is 0. The monoisotopic (exact) mass is 176 g/mol. The molecule has 2 aromatic rings. The van der Waals surface area contributed by atoms with Gasteiger partial charge in [-0.15, -0.1) is 11.3 Å². The van der Waals surface area contributed by atoms with Crippen LogP contribution in [-0.2, 0) is 0 Å². The van der Waals surface area contributed by atoms with Crippen molar-refractivity contribution in [3.05, 3.63) is 35.7 Å². The van der Waals surface area contributed by atoms with Gasteiger partial charge in [-0.2, -0.15) is 0 Å². The van der Waals surface area contributed by atoms with Crippen molar-refractivity contribution >= 4 is 17.2 Å². The second kappa shape index (κ2) is 2.95. The van der Waals surface area contributed by atoms with Crippen LogP contribution in [-0.4, -0.2) is 4.98 Å². The van der Waals surface area contributed by atoms with Crippen molar-refractivity contribution in [3.8, 4) is 10.6 Å². The van der Waals surface area contributed by atoms with E-state index in [0.29, 0.717) is 5.82 Å². The van der Waals surface area contributed by atoms with Crippen molar-refractivity contribution in [2.24, 2.45) is 0 Å². The lowest BCUT2D eigenvalue weighted by Gasteiger charge is -1.92. The molecule has 12 heavy (non-hydrogen) atoms. The van der Waals surface area contributed by atoms with Crippen molar-refractivity contribution in [1.82, 2.24) is 4.98 Å². The van der Waals surface area contributed by atoms with Gasteiger partial charge in [0.15, 0.2) is 0 Å². The molecule has 0 unspecified atom stereocenters. The Labute approximate surface area is 74.7 Å². The molecule has 2 rings (SSSR count). The van der Waals surface area contributed by atoms with E-state index in [4.69, 9.17) is 5.73 Å². The van der Waals surface area contributed by atoms with Gasteiger partial charge in [0.1, 0.15) is 10.8 Å². The van der Waals surface area contributed by atoms with Gasteiger partial charge in [-0.05, 0) is 0 Å². The second-order valence-corrected chi connectivity index (χ2v) is 3.30. The summed E-state index contributed by atoms with van der Waals surface area (Å²) in [4.78, 5) is 4.18. The average molecular weight is 176 g/mol. The quantitative estimate of drug-likeness (QED) is 0.724. The first-order valence-electron chi connectivity index (χ1n) is 3.63. The molecular formula is C9H8N2S. The number of hydrogen-bond acceptors (Lipinski definition) is 3. The van der Waals surface area contributed by atoms with Gasteiger partial charge in [0, 0.05) is 10.9 Å². The lowest BCUT2D eigenvalue weighted by molar-refractivity contribution is 1.42. The number of hydrogen-bond donors (Lipinski definition) is 1. The normalized spacial score (nSPS) is 10.0. The fourth-order valence-corrected chi connectivity index (χ4v) is 1.71. The van der Waals surface area contributed by atoms with E-state index in [1.807, 2.05) is 35.7 Å². The standard InChI is InChI=1S/C9H8N2S/c10-8-6-12-9(11-8)7-4-2-1-3-5-7/h1-6H,10H2. The van der Waals surface area contributed by atoms with Gasteiger partial charge in [0.05, 0.1) is 0 Å². The van der Waals surface area contributed by atoms with Crippen molar-refractivity contribution in [2.45, 2.75) is 0 Å². The number of nitrogen functional groups attached to an aromatic ring is 1. The summed E-state index contributed by atoms with van der Waals surface area (Å²) in [5.74, 6) is 0.596. The summed E-state index contributed by atoms with van der Waals surface area (Å²) < 4.78 is 0. The SMILES string of the molecule is Nc1csc(-c2ccccc2)n1. The third-order valence-corrected chi connectivity index (χ3v) is 2.45. The molecule has 0 aliphatic carbocycles. The van der Waals surface area contributed by atoms with Crippen LogP contribution in [0.4, 0.5) is 5.82 Å². The summed E-state index contributed by atoms with van der Waals surface area (Å²) in [7, 11) is 0. The molecule has 0 saturated carbocycles. The smallest absolute Gasteiger partial charge is 0.135 e. The Hall–Kier alpha value is -1.35. The molecule has 2 N–H and O–H groups in total. The van der Waals surface area contributed by atoms with Gasteiger partial charge in [-0.3, -0.25) is 0 Å². The van der Waals surface area contributed by atoms with E-state index < -0.39 is 0 Å². The Morgan fingerprint density at radius 3 is 2.50 bits per heavy atom. The van der Waals surface area contributed by atoms with E-state index in [1.54, 1.807) is 11.3 Å². The Morgan fingerprint density at radius 2 is 1.92 bits per heavy atom. The number of thiazole rings is 1. The topological polar surface area (TPSA) is 38.9 Å². The van der Waals surface area contributed by atoms with Gasteiger partial charge in [0.2, 0.25) is 0 Å².